The van der Waals surface area contributed by atoms with Crippen molar-refractivity contribution in [1.82, 2.24) is 40.9 Å². The number of aliphatic carboxylic acids is 1. The zero-order chi connectivity index (χ0) is 22.5. The minimum atomic E-state index is -1.32. The SMILES string of the molecule is CCN(CC)/[N+]([O-])=N/OCC1=C(C(=O)O)N2C(=O)[C@@H](NC(=O)Cn3nnnn3)[C@H]2SC1. The monoisotopic (exact) mass is 456 g/mol. The lowest BCUT2D eigenvalue weighted by Gasteiger charge is -2.49. The van der Waals surface area contributed by atoms with E-state index in [4.69, 9.17) is 4.84 Å². The highest BCUT2D eigenvalue weighted by Gasteiger charge is 2.54. The molecule has 1 aromatic heterocycles. The van der Waals surface area contributed by atoms with E-state index in [-0.39, 0.29) is 24.6 Å². The highest BCUT2D eigenvalue weighted by atomic mass is 32.2. The van der Waals surface area contributed by atoms with Gasteiger partial charge in [0.2, 0.25) is 11.2 Å². The molecule has 2 aliphatic heterocycles. The molecule has 1 fully saturated rings. The van der Waals surface area contributed by atoms with Crippen LogP contribution >= 0.6 is 11.8 Å². The predicted octanol–water partition coefficient (Wildman–Crippen LogP) is -2.04. The first-order valence-electron chi connectivity index (χ1n) is 9.20. The van der Waals surface area contributed by atoms with E-state index >= 15 is 0 Å². The van der Waals surface area contributed by atoms with Crippen LogP contribution in [-0.4, -0.2) is 100 Å². The lowest BCUT2D eigenvalue weighted by molar-refractivity contribution is -0.709. The van der Waals surface area contributed by atoms with Gasteiger partial charge in [0.1, 0.15) is 30.3 Å². The number of β-lactam (4-membered cyclic amide) rings is 1. The quantitative estimate of drug-likeness (QED) is 0.170. The van der Waals surface area contributed by atoms with Gasteiger partial charge < -0.3 is 20.5 Å². The van der Waals surface area contributed by atoms with Gasteiger partial charge >= 0.3 is 5.97 Å². The van der Waals surface area contributed by atoms with Gasteiger partial charge in [-0.05, 0) is 34.7 Å². The van der Waals surface area contributed by atoms with E-state index in [1.54, 1.807) is 13.8 Å². The standard InChI is InChI=1S/C14H20N10O6S/c1-3-21(4-2)24(29)20-30-6-8-7-31-13-10(12(26)23(13)11(8)14(27)28)15-9(25)5-22-18-16-17-19-22/h10,13H,3-7H2,1-2H3,(H,15,25)(H,27,28)/b24-20-/t10-,13-/m1/s1. The third-order valence-electron chi connectivity index (χ3n) is 4.52. The maximum absolute atomic E-state index is 12.6. The predicted molar refractivity (Wildman–Crippen MR) is 100 cm³/mol. The van der Waals surface area contributed by atoms with Crippen molar-refractivity contribution in [2.45, 2.75) is 31.8 Å². The second-order valence-electron chi connectivity index (χ2n) is 6.35. The van der Waals surface area contributed by atoms with Crippen LogP contribution in [-0.2, 0) is 25.8 Å². The maximum atomic E-state index is 12.6. The van der Waals surface area contributed by atoms with Crippen molar-refractivity contribution in [2.75, 3.05) is 25.4 Å². The van der Waals surface area contributed by atoms with E-state index in [2.05, 4.69) is 31.4 Å². The highest BCUT2D eigenvalue weighted by Crippen LogP contribution is 2.40. The van der Waals surface area contributed by atoms with E-state index in [0.717, 1.165) is 9.70 Å². The average Bonchev–Trinajstić information content (AvgIpc) is 3.25. The molecule has 2 aliphatic rings. The molecule has 0 bridgehead atoms. The third-order valence-corrected chi connectivity index (χ3v) is 5.86. The minimum Gasteiger partial charge on any atom is -0.569 e. The molecular weight excluding hydrogens is 436 g/mol. The number of nitrogens with zero attached hydrogens (tertiary/aromatic N) is 9. The Morgan fingerprint density at radius 3 is 2.68 bits per heavy atom. The summed E-state index contributed by atoms with van der Waals surface area (Å²) in [6.45, 7) is 3.84. The molecule has 0 radical (unpaired) electrons. The van der Waals surface area contributed by atoms with Gasteiger partial charge in [0.15, 0.2) is 0 Å². The fraction of sp³-hybridized carbons (Fsp3) is 0.643. The second kappa shape index (κ2) is 9.54. The summed E-state index contributed by atoms with van der Waals surface area (Å²) in [7, 11) is 0. The molecular formula is C14H20N10O6S. The van der Waals surface area contributed by atoms with E-state index in [1.165, 1.54) is 16.8 Å². The maximum Gasteiger partial charge on any atom is 0.352 e. The summed E-state index contributed by atoms with van der Waals surface area (Å²) in [5.41, 5.74) is 0.0540. The molecule has 0 saturated carbocycles. The van der Waals surface area contributed by atoms with Gasteiger partial charge in [-0.1, -0.05) is 0 Å². The van der Waals surface area contributed by atoms with E-state index in [0.29, 0.717) is 23.6 Å². The summed E-state index contributed by atoms with van der Waals surface area (Å²) in [5, 5.41) is 41.5. The van der Waals surface area contributed by atoms with Gasteiger partial charge in [0, 0.05) is 11.3 Å². The molecule has 168 valence electrons. The number of carboxylic acids is 1. The zero-order valence-corrected chi connectivity index (χ0v) is 17.4. The first kappa shape index (κ1) is 22.2. The molecule has 2 atom stereocenters. The van der Waals surface area contributed by atoms with Crippen LogP contribution < -0.4 is 5.32 Å². The first-order chi connectivity index (χ1) is 14.9. The molecule has 0 unspecified atom stereocenters. The summed E-state index contributed by atoms with van der Waals surface area (Å²) in [4.78, 5) is 43.8. The number of fused-ring (bicyclic) bond motifs is 1. The number of carbonyl (C=O) groups is 3. The van der Waals surface area contributed by atoms with Gasteiger partial charge in [0.05, 0.1) is 18.1 Å². The molecule has 16 nitrogen and oxygen atoms in total. The summed E-state index contributed by atoms with van der Waals surface area (Å²) in [5.74, 6) is -2.21. The van der Waals surface area contributed by atoms with Crippen molar-refractivity contribution < 1.29 is 29.3 Å². The molecule has 0 aromatic carbocycles. The van der Waals surface area contributed by atoms with Crippen LogP contribution in [0.1, 0.15) is 13.8 Å². The van der Waals surface area contributed by atoms with Crippen LogP contribution in [0.25, 0.3) is 0 Å². The van der Waals surface area contributed by atoms with Gasteiger partial charge in [-0.25, -0.2) is 4.79 Å². The lowest BCUT2D eigenvalue weighted by Crippen LogP contribution is -2.70. The number of hydrogen-bond acceptors (Lipinski definition) is 11. The Labute approximate surface area is 179 Å². The number of carboxylic acid groups (broad SMARTS) is 1. The normalized spacial score (nSPS) is 20.8. The summed E-state index contributed by atoms with van der Waals surface area (Å²) in [6, 6.07) is -0.893. The lowest BCUT2D eigenvalue weighted by atomic mass is 10.0. The smallest absolute Gasteiger partial charge is 0.352 e. The number of amides is 2. The molecule has 0 aliphatic carbocycles. The van der Waals surface area contributed by atoms with E-state index < -0.39 is 29.2 Å². The van der Waals surface area contributed by atoms with Gasteiger partial charge in [-0.15, -0.1) is 21.6 Å². The largest absolute Gasteiger partial charge is 0.569 e. The van der Waals surface area contributed by atoms with Gasteiger partial charge in [-0.3, -0.25) is 14.5 Å². The number of rotatable bonds is 10. The molecule has 1 aromatic rings. The summed E-state index contributed by atoms with van der Waals surface area (Å²) < 4.78 is 0. The topological polar surface area (TPSA) is 194 Å². The van der Waals surface area contributed by atoms with E-state index in [9.17, 15) is 24.7 Å². The average molecular weight is 456 g/mol. The number of carbonyl (C=O) groups excluding carboxylic acids is 2. The van der Waals surface area contributed by atoms with Crippen molar-refractivity contribution in [3.05, 3.63) is 16.5 Å². The minimum absolute atomic E-state index is 0.219. The van der Waals surface area contributed by atoms with Crippen molar-refractivity contribution in [2.24, 2.45) is 5.28 Å². The summed E-state index contributed by atoms with van der Waals surface area (Å²) >= 11 is 1.26. The van der Waals surface area contributed by atoms with Crippen LogP contribution in [0, 0.1) is 5.21 Å². The molecule has 31 heavy (non-hydrogen) atoms. The van der Waals surface area contributed by atoms with Crippen molar-refractivity contribution in [1.29, 1.82) is 0 Å². The Bertz CT molecular complexity index is 901. The van der Waals surface area contributed by atoms with Gasteiger partial charge in [0.25, 0.3) is 5.91 Å². The molecule has 17 heteroatoms. The van der Waals surface area contributed by atoms with Gasteiger partial charge in [-0.2, -0.15) is 0 Å². The Morgan fingerprint density at radius 2 is 2.06 bits per heavy atom. The molecule has 2 amide bonds. The Hall–Kier alpha value is -3.50. The van der Waals surface area contributed by atoms with Crippen molar-refractivity contribution >= 4 is 29.5 Å². The van der Waals surface area contributed by atoms with Crippen molar-refractivity contribution in [3.63, 3.8) is 0 Å². The van der Waals surface area contributed by atoms with Crippen LogP contribution in [0.5, 0.6) is 0 Å². The molecule has 1 saturated heterocycles. The van der Waals surface area contributed by atoms with Crippen LogP contribution in [0.3, 0.4) is 0 Å². The Morgan fingerprint density at radius 1 is 1.39 bits per heavy atom. The highest BCUT2D eigenvalue weighted by molar-refractivity contribution is 8.00. The number of thioether (sulfide) groups is 1. The van der Waals surface area contributed by atoms with Crippen LogP contribution in [0.4, 0.5) is 0 Å². The van der Waals surface area contributed by atoms with Crippen molar-refractivity contribution in [3.8, 4) is 0 Å². The second-order valence-corrected chi connectivity index (χ2v) is 7.45. The number of aromatic nitrogens is 5. The van der Waals surface area contributed by atoms with E-state index in [1.807, 2.05) is 0 Å². The zero-order valence-electron chi connectivity index (χ0n) is 16.6. The number of nitrogens with one attached hydrogen (secondary N) is 1. The number of hydrogen-bond donors (Lipinski definition) is 2. The third kappa shape index (κ3) is 4.65. The van der Waals surface area contributed by atoms with Crippen LogP contribution in [0.15, 0.2) is 16.5 Å². The fourth-order valence-corrected chi connectivity index (χ4v) is 4.35. The number of hydrazine groups is 1. The Balaban J connectivity index is 1.65. The molecule has 3 heterocycles. The molecule has 3 rings (SSSR count). The first-order valence-corrected chi connectivity index (χ1v) is 10.3. The van der Waals surface area contributed by atoms with Crippen LogP contribution in [0.2, 0.25) is 0 Å². The Kier molecular flexibility index (Phi) is 6.83. The molecule has 0 spiro atoms. The summed E-state index contributed by atoms with van der Waals surface area (Å²) in [6.07, 6.45) is 0. The molecule has 2 N–H and O–H groups in total. The fourth-order valence-electron chi connectivity index (χ4n) is 3.02.